The highest BCUT2D eigenvalue weighted by atomic mass is 32.2. The molecule has 3 heterocycles. The van der Waals surface area contributed by atoms with E-state index < -0.39 is 16.0 Å². The first-order valence-electron chi connectivity index (χ1n) is 13.1. The number of pyridine rings is 1. The van der Waals surface area contributed by atoms with Gasteiger partial charge in [0.1, 0.15) is 10.7 Å². The molecule has 0 amide bonds. The number of nitrogens with zero attached hydrogens (tertiary/aromatic N) is 4. The van der Waals surface area contributed by atoms with Crippen LogP contribution in [0.2, 0.25) is 0 Å². The average Bonchev–Trinajstić information content (AvgIpc) is 3.58. The molecule has 2 fully saturated rings. The zero-order chi connectivity index (χ0) is 27.2. The zero-order valence-corrected chi connectivity index (χ0v) is 22.6. The van der Waals surface area contributed by atoms with Crippen molar-refractivity contribution < 1.29 is 27.4 Å². The number of aliphatic carboxylic acids is 1. The van der Waals surface area contributed by atoms with Gasteiger partial charge in [-0.25, -0.2) is 17.8 Å². The molecule has 1 aliphatic carbocycles. The molecule has 0 unspecified atom stereocenters. The summed E-state index contributed by atoms with van der Waals surface area (Å²) in [5.41, 5.74) is 1.54. The maximum atomic E-state index is 15.3. The molecule has 9 nitrogen and oxygen atoms in total. The van der Waals surface area contributed by atoms with Crippen molar-refractivity contribution in [2.24, 2.45) is 5.92 Å². The molecule has 0 radical (unpaired) electrons. The number of rotatable bonds is 8. The van der Waals surface area contributed by atoms with E-state index in [9.17, 15) is 18.3 Å². The standard InChI is InChI=1S/C27H33FN4O5S/c1-16(2)37-24-11-8-19(13-29-24)38(35,36)31-14-17(3)23(15-31)32-27-20(22(30-32)12-25(33)34)9-10-21(28)26(27)18-6-4-5-7-18/h8-11,13,16-18,23H,4-7,12,14-15H2,1-3H3,(H,33,34)/t17-,23+/m1/s1. The van der Waals surface area contributed by atoms with E-state index in [2.05, 4.69) is 10.1 Å². The first kappa shape index (κ1) is 26.6. The topological polar surface area (TPSA) is 115 Å². The van der Waals surface area contributed by atoms with E-state index in [0.29, 0.717) is 28.0 Å². The van der Waals surface area contributed by atoms with Gasteiger partial charge in [0.25, 0.3) is 0 Å². The molecule has 5 rings (SSSR count). The Hall–Kier alpha value is -3.05. The molecular formula is C27H33FN4O5S. The van der Waals surface area contributed by atoms with Crippen LogP contribution in [0.4, 0.5) is 4.39 Å². The molecule has 2 atom stereocenters. The zero-order valence-electron chi connectivity index (χ0n) is 21.8. The predicted octanol–water partition coefficient (Wildman–Crippen LogP) is 4.52. The van der Waals surface area contributed by atoms with Gasteiger partial charge < -0.3 is 9.84 Å². The number of carboxylic acids is 1. The largest absolute Gasteiger partial charge is 0.481 e. The summed E-state index contributed by atoms with van der Waals surface area (Å²) < 4.78 is 51.0. The smallest absolute Gasteiger partial charge is 0.309 e. The summed E-state index contributed by atoms with van der Waals surface area (Å²) in [4.78, 5) is 15.8. The number of fused-ring (bicyclic) bond motifs is 1. The van der Waals surface area contributed by atoms with Crippen molar-refractivity contribution in [2.75, 3.05) is 13.1 Å². The van der Waals surface area contributed by atoms with Crippen LogP contribution in [0.25, 0.3) is 10.9 Å². The van der Waals surface area contributed by atoms with Gasteiger partial charge >= 0.3 is 5.97 Å². The maximum Gasteiger partial charge on any atom is 0.309 e. The summed E-state index contributed by atoms with van der Waals surface area (Å²) in [5, 5.41) is 14.8. The van der Waals surface area contributed by atoms with E-state index in [1.807, 2.05) is 20.8 Å². The minimum atomic E-state index is -3.85. The first-order chi connectivity index (χ1) is 18.1. The Balaban J connectivity index is 1.53. The van der Waals surface area contributed by atoms with Gasteiger partial charge in [-0.15, -0.1) is 0 Å². The third-order valence-electron chi connectivity index (χ3n) is 7.57. The van der Waals surface area contributed by atoms with E-state index in [4.69, 9.17) is 4.74 Å². The lowest BCUT2D eigenvalue weighted by atomic mass is 9.93. The van der Waals surface area contributed by atoms with Crippen molar-refractivity contribution in [1.82, 2.24) is 19.1 Å². The van der Waals surface area contributed by atoms with Gasteiger partial charge in [-0.1, -0.05) is 19.8 Å². The fourth-order valence-electron chi connectivity index (χ4n) is 5.81. The van der Waals surface area contributed by atoms with Crippen molar-refractivity contribution in [2.45, 2.75) is 75.8 Å². The average molecular weight is 545 g/mol. The molecule has 11 heteroatoms. The molecule has 0 bridgehead atoms. The minimum Gasteiger partial charge on any atom is -0.481 e. The van der Waals surface area contributed by atoms with E-state index in [1.165, 1.54) is 22.6 Å². The van der Waals surface area contributed by atoms with E-state index in [-0.39, 0.29) is 54.2 Å². The van der Waals surface area contributed by atoms with Gasteiger partial charge in [0, 0.05) is 30.1 Å². The van der Waals surface area contributed by atoms with Gasteiger partial charge in [-0.05, 0) is 56.7 Å². The van der Waals surface area contributed by atoms with E-state index >= 15 is 4.39 Å². The molecule has 1 N–H and O–H groups in total. The lowest BCUT2D eigenvalue weighted by molar-refractivity contribution is -0.136. The maximum absolute atomic E-state index is 15.3. The summed E-state index contributed by atoms with van der Waals surface area (Å²) >= 11 is 0. The number of benzene rings is 1. The Bertz CT molecular complexity index is 1450. The minimum absolute atomic E-state index is 0.0287. The number of aromatic nitrogens is 3. The monoisotopic (exact) mass is 544 g/mol. The Kier molecular flexibility index (Phi) is 7.17. The SMILES string of the molecule is CC(C)Oc1ccc(S(=O)(=O)N2C[C@@H](C)[C@@H](n3nc(CC(=O)O)c4ccc(F)c(C5CCCC5)c43)C2)cn1. The number of carboxylic acid groups (broad SMARTS) is 1. The van der Waals surface area contributed by atoms with Gasteiger partial charge in [0.15, 0.2) is 0 Å². The van der Waals surface area contributed by atoms with Gasteiger partial charge in [0.05, 0.1) is 36.0 Å². The van der Waals surface area contributed by atoms with Gasteiger partial charge in [-0.3, -0.25) is 9.48 Å². The summed E-state index contributed by atoms with van der Waals surface area (Å²) in [5.74, 6) is -1.11. The Morgan fingerprint density at radius 3 is 2.55 bits per heavy atom. The normalized spacial score (nSPS) is 21.1. The Morgan fingerprint density at radius 2 is 1.92 bits per heavy atom. The molecule has 204 valence electrons. The highest BCUT2D eigenvalue weighted by molar-refractivity contribution is 7.89. The van der Waals surface area contributed by atoms with E-state index in [0.717, 1.165) is 25.7 Å². The molecule has 1 aromatic carbocycles. The number of hydrogen-bond acceptors (Lipinski definition) is 6. The molecule has 1 saturated carbocycles. The van der Waals surface area contributed by atoms with Crippen LogP contribution in [0.3, 0.4) is 0 Å². The quantitative estimate of drug-likeness (QED) is 0.443. The molecule has 2 aliphatic rings. The van der Waals surface area contributed by atoms with Gasteiger partial charge in [0.2, 0.25) is 15.9 Å². The second-order valence-corrected chi connectivity index (χ2v) is 12.6. The number of sulfonamides is 1. The fourth-order valence-corrected chi connectivity index (χ4v) is 7.32. The number of ether oxygens (including phenoxy) is 1. The second-order valence-electron chi connectivity index (χ2n) is 10.7. The Labute approximate surface area is 221 Å². The number of halogens is 1. The molecule has 2 aromatic heterocycles. The third kappa shape index (κ3) is 4.89. The predicted molar refractivity (Wildman–Crippen MR) is 139 cm³/mol. The van der Waals surface area contributed by atoms with Crippen LogP contribution in [0.15, 0.2) is 35.4 Å². The first-order valence-corrected chi connectivity index (χ1v) is 14.5. The van der Waals surface area contributed by atoms with Crippen LogP contribution in [0.1, 0.15) is 69.7 Å². The molecule has 1 saturated heterocycles. The molecule has 1 aliphatic heterocycles. The van der Waals surface area contributed by atoms with Crippen LogP contribution in [0.5, 0.6) is 5.88 Å². The van der Waals surface area contributed by atoms with Crippen molar-refractivity contribution >= 4 is 26.9 Å². The third-order valence-corrected chi connectivity index (χ3v) is 9.39. The van der Waals surface area contributed by atoms with Crippen LogP contribution < -0.4 is 4.74 Å². The fraction of sp³-hybridized carbons (Fsp3) is 0.519. The lowest BCUT2D eigenvalue weighted by Crippen LogP contribution is -2.29. The second kappa shape index (κ2) is 10.3. The van der Waals surface area contributed by atoms with Crippen LogP contribution in [-0.4, -0.2) is 57.8 Å². The van der Waals surface area contributed by atoms with Crippen LogP contribution >= 0.6 is 0 Å². The molecular weight excluding hydrogens is 511 g/mol. The summed E-state index contributed by atoms with van der Waals surface area (Å²) in [6.07, 6.45) is 4.67. The molecule has 0 spiro atoms. The summed E-state index contributed by atoms with van der Waals surface area (Å²) in [6, 6.07) is 5.65. The highest BCUT2D eigenvalue weighted by Gasteiger charge is 2.40. The van der Waals surface area contributed by atoms with Crippen LogP contribution in [0, 0.1) is 11.7 Å². The van der Waals surface area contributed by atoms with Crippen molar-refractivity contribution in [3.05, 3.63) is 47.5 Å². The number of hydrogen-bond donors (Lipinski definition) is 1. The number of carbonyl (C=O) groups is 1. The molecule has 3 aromatic rings. The Morgan fingerprint density at radius 1 is 1.18 bits per heavy atom. The van der Waals surface area contributed by atoms with Crippen molar-refractivity contribution in [1.29, 1.82) is 0 Å². The van der Waals surface area contributed by atoms with Crippen molar-refractivity contribution in [3.8, 4) is 5.88 Å². The lowest BCUT2D eigenvalue weighted by Gasteiger charge is -2.20. The van der Waals surface area contributed by atoms with Crippen LogP contribution in [-0.2, 0) is 21.2 Å². The molecule has 38 heavy (non-hydrogen) atoms. The highest BCUT2D eigenvalue weighted by Crippen LogP contribution is 2.42. The van der Waals surface area contributed by atoms with Crippen molar-refractivity contribution in [3.63, 3.8) is 0 Å². The summed E-state index contributed by atoms with van der Waals surface area (Å²) in [6.45, 7) is 6.06. The van der Waals surface area contributed by atoms with Gasteiger partial charge in [-0.2, -0.15) is 9.40 Å². The van der Waals surface area contributed by atoms with E-state index in [1.54, 1.807) is 16.8 Å². The summed E-state index contributed by atoms with van der Waals surface area (Å²) in [7, 11) is -3.85.